The number of likely N-dealkylation sites (tertiary alicyclic amines) is 1. The number of nitriles is 1. The first-order valence-electron chi connectivity index (χ1n) is 14.2. The molecule has 1 fully saturated rings. The molecule has 210 valence electrons. The number of ether oxygens (including phenoxy) is 1. The molecule has 0 bridgehead atoms. The Kier molecular flexibility index (Phi) is 14.7. The summed E-state index contributed by atoms with van der Waals surface area (Å²) in [7, 11) is 2.24. The Morgan fingerprint density at radius 3 is 2.34 bits per heavy atom. The van der Waals surface area contributed by atoms with Crippen LogP contribution < -0.4 is 11.5 Å². The summed E-state index contributed by atoms with van der Waals surface area (Å²) in [6.07, 6.45) is 11.5. The minimum absolute atomic E-state index is 0. The third kappa shape index (κ3) is 9.87. The van der Waals surface area contributed by atoms with Crippen molar-refractivity contribution in [3.05, 3.63) is 59.2 Å². The molecule has 0 aromatic heterocycles. The molecule has 2 aromatic carbocycles. The Morgan fingerprint density at radius 2 is 1.71 bits per heavy atom. The van der Waals surface area contributed by atoms with Crippen LogP contribution in [0.5, 0.6) is 0 Å². The summed E-state index contributed by atoms with van der Waals surface area (Å²) in [4.78, 5) is 11.0. The van der Waals surface area contributed by atoms with E-state index in [1.807, 2.05) is 0 Å². The van der Waals surface area contributed by atoms with Crippen molar-refractivity contribution in [3.8, 4) is 17.2 Å². The monoisotopic (exact) mass is 522 g/mol. The van der Waals surface area contributed by atoms with Gasteiger partial charge in [-0.2, -0.15) is 5.26 Å². The number of piperidine rings is 1. The highest BCUT2D eigenvalue weighted by molar-refractivity contribution is 5.66. The number of fused-ring (bicyclic) bond motifs is 2. The zero-order chi connectivity index (χ0) is 27.6. The number of nitrogens with two attached hydrogens (primary N) is 2. The molecule has 6 heteroatoms. The van der Waals surface area contributed by atoms with Crippen LogP contribution in [0.15, 0.2) is 42.5 Å². The van der Waals surface area contributed by atoms with Crippen LogP contribution >= 0.6 is 0 Å². The van der Waals surface area contributed by atoms with Gasteiger partial charge in [-0.25, -0.2) is 0 Å². The number of rotatable bonds is 10. The van der Waals surface area contributed by atoms with Gasteiger partial charge in [0, 0.05) is 21.1 Å². The number of primary amides is 1. The van der Waals surface area contributed by atoms with Crippen LogP contribution in [0.25, 0.3) is 11.1 Å². The normalized spacial score (nSPS) is 15.4. The van der Waals surface area contributed by atoms with Crippen LogP contribution in [0.1, 0.15) is 76.4 Å². The summed E-state index contributed by atoms with van der Waals surface area (Å²) < 4.78 is 5.32. The molecule has 1 amide bonds. The zero-order valence-corrected chi connectivity index (χ0v) is 23.6. The van der Waals surface area contributed by atoms with Gasteiger partial charge in [-0.1, -0.05) is 55.8 Å². The molecule has 0 saturated carbocycles. The second-order valence-corrected chi connectivity index (χ2v) is 10.4. The highest BCUT2D eigenvalue weighted by Gasteiger charge is 2.40. The number of hydrogen-bond acceptors (Lipinski definition) is 5. The highest BCUT2D eigenvalue weighted by Crippen LogP contribution is 2.47. The molecule has 38 heavy (non-hydrogen) atoms. The van der Waals surface area contributed by atoms with E-state index in [2.05, 4.69) is 73.1 Å². The molecule has 2 aromatic rings. The molecule has 0 radical (unpaired) electrons. The van der Waals surface area contributed by atoms with E-state index in [4.69, 9.17) is 20.5 Å². The molecule has 1 aliphatic carbocycles. The van der Waals surface area contributed by atoms with Gasteiger partial charge in [-0.3, -0.25) is 4.79 Å². The van der Waals surface area contributed by atoms with Gasteiger partial charge >= 0.3 is 0 Å². The van der Waals surface area contributed by atoms with Crippen LogP contribution in [0.4, 0.5) is 0 Å². The predicted octanol–water partition coefficient (Wildman–Crippen LogP) is 5.61. The Hall–Kier alpha value is -2.72. The smallest absolute Gasteiger partial charge is 0.204 e. The van der Waals surface area contributed by atoms with Crippen molar-refractivity contribution in [2.45, 2.75) is 76.5 Å². The fourth-order valence-corrected chi connectivity index (χ4v) is 5.30. The van der Waals surface area contributed by atoms with Gasteiger partial charge in [0.15, 0.2) is 0 Å². The molecule has 1 spiro atoms. The van der Waals surface area contributed by atoms with Crippen LogP contribution in [-0.4, -0.2) is 51.2 Å². The summed E-state index contributed by atoms with van der Waals surface area (Å²) in [5, 5.41) is 8.73. The quantitative estimate of drug-likeness (QED) is 0.312. The first-order chi connectivity index (χ1) is 18.5. The Labute approximate surface area is 231 Å². The molecule has 4 rings (SSSR count). The highest BCUT2D eigenvalue weighted by atomic mass is 16.5. The van der Waals surface area contributed by atoms with Gasteiger partial charge in [-0.05, 0) is 111 Å². The predicted molar refractivity (Wildman–Crippen MR) is 159 cm³/mol. The molecule has 0 atom stereocenters. The minimum atomic E-state index is 0. The lowest BCUT2D eigenvalue weighted by atomic mass is 9.73. The number of amides is 1. The molecule has 6 nitrogen and oxygen atoms in total. The number of hydrogen-bond donors (Lipinski definition) is 2. The Morgan fingerprint density at radius 1 is 1.05 bits per heavy atom. The molecular weight excluding hydrogens is 472 g/mol. The van der Waals surface area contributed by atoms with Gasteiger partial charge < -0.3 is 21.1 Å². The SMILES string of the molecule is CCCCOCCCCN.CN1CCC2(CCc3ccc(-c4ccc(CCC#N)cc4)cc32)CC1.NC=O.[HH]. The van der Waals surface area contributed by atoms with Crippen molar-refractivity contribution in [1.82, 2.24) is 4.90 Å². The van der Waals surface area contributed by atoms with Gasteiger partial charge in [0.25, 0.3) is 0 Å². The van der Waals surface area contributed by atoms with E-state index < -0.39 is 0 Å². The van der Waals surface area contributed by atoms with E-state index >= 15 is 0 Å². The molecule has 1 saturated heterocycles. The largest absolute Gasteiger partial charge is 0.381 e. The topological polar surface area (TPSA) is 105 Å². The maximum Gasteiger partial charge on any atom is 0.204 e. The Bertz CT molecular complexity index is 975. The van der Waals surface area contributed by atoms with Crippen molar-refractivity contribution >= 4 is 6.41 Å². The zero-order valence-electron chi connectivity index (χ0n) is 23.6. The van der Waals surface area contributed by atoms with E-state index in [1.54, 1.807) is 11.1 Å². The van der Waals surface area contributed by atoms with Crippen LogP contribution in [0, 0.1) is 11.3 Å². The maximum atomic E-state index is 8.73. The van der Waals surface area contributed by atoms with Gasteiger partial charge in [0.1, 0.15) is 0 Å². The maximum absolute atomic E-state index is 8.73. The summed E-state index contributed by atoms with van der Waals surface area (Å²) in [5.74, 6) is 0. The van der Waals surface area contributed by atoms with Crippen molar-refractivity contribution in [2.24, 2.45) is 11.5 Å². The lowest BCUT2D eigenvalue weighted by molar-refractivity contribution is -0.106. The fourth-order valence-electron chi connectivity index (χ4n) is 5.30. The second kappa shape index (κ2) is 17.7. The van der Waals surface area contributed by atoms with Crippen molar-refractivity contribution < 1.29 is 11.0 Å². The average Bonchev–Trinajstić information content (AvgIpc) is 3.29. The standard InChI is InChI=1S/C23H26N2.C8H19NO.CH3NO.H2/c1-25-15-12-23(13-16-25)11-10-20-8-9-21(17-22(20)23)19-6-4-18(5-7-19)3-2-14-24;1-2-3-7-10-8-5-4-6-9;2-1-3;/h4-9,17H,2-3,10-13,15-16H2,1H3;2-9H2,1H3;1H,(H2,2,3);1H. The number of benzene rings is 2. The lowest BCUT2D eigenvalue weighted by Gasteiger charge is -2.39. The summed E-state index contributed by atoms with van der Waals surface area (Å²) >= 11 is 0. The fraction of sp³-hybridized carbons (Fsp3) is 0.562. The molecule has 2 aliphatic rings. The summed E-state index contributed by atoms with van der Waals surface area (Å²) in [5.41, 5.74) is 17.0. The van der Waals surface area contributed by atoms with E-state index in [-0.39, 0.29) is 7.84 Å². The van der Waals surface area contributed by atoms with E-state index in [0.717, 1.165) is 39.0 Å². The molecule has 4 N–H and O–H groups in total. The molecule has 1 aliphatic heterocycles. The number of carbonyl (C=O) groups excluding carboxylic acids is 1. The Balaban J connectivity index is 0.000000461. The summed E-state index contributed by atoms with van der Waals surface area (Å²) in [6, 6.07) is 18.1. The molecule has 1 heterocycles. The average molecular weight is 523 g/mol. The number of nitrogens with zero attached hydrogens (tertiary/aromatic N) is 2. The third-order valence-corrected chi connectivity index (χ3v) is 7.70. The summed E-state index contributed by atoms with van der Waals surface area (Å²) in [6.45, 7) is 7.20. The van der Waals surface area contributed by atoms with Crippen molar-refractivity contribution in [3.63, 3.8) is 0 Å². The number of carbonyl (C=O) groups is 1. The number of unbranched alkanes of at least 4 members (excludes halogenated alkanes) is 2. The molecule has 0 unspecified atom stereocenters. The van der Waals surface area contributed by atoms with Crippen molar-refractivity contribution in [2.75, 3.05) is 39.9 Å². The first-order valence-corrected chi connectivity index (χ1v) is 14.2. The number of aryl methyl sites for hydroxylation is 2. The minimum Gasteiger partial charge on any atom is -0.381 e. The third-order valence-electron chi connectivity index (χ3n) is 7.70. The van der Waals surface area contributed by atoms with E-state index in [0.29, 0.717) is 11.8 Å². The van der Waals surface area contributed by atoms with Crippen LogP contribution in [-0.2, 0) is 27.8 Å². The van der Waals surface area contributed by atoms with Gasteiger partial charge in [0.2, 0.25) is 6.41 Å². The van der Waals surface area contributed by atoms with E-state index in [9.17, 15) is 0 Å². The second-order valence-electron chi connectivity index (χ2n) is 10.4. The van der Waals surface area contributed by atoms with Crippen LogP contribution in [0.2, 0.25) is 0 Å². The van der Waals surface area contributed by atoms with Gasteiger partial charge in [0.05, 0.1) is 6.07 Å². The van der Waals surface area contributed by atoms with Gasteiger partial charge in [-0.15, -0.1) is 0 Å². The molecular formula is C32H50N4O2. The van der Waals surface area contributed by atoms with Crippen molar-refractivity contribution in [1.29, 1.82) is 5.26 Å². The lowest BCUT2D eigenvalue weighted by Crippen LogP contribution is -2.39. The van der Waals surface area contributed by atoms with E-state index in [1.165, 1.54) is 68.3 Å². The first kappa shape index (κ1) is 31.5. The van der Waals surface area contributed by atoms with Crippen LogP contribution in [0.3, 0.4) is 0 Å².